The molecular formula is C12H18N2. The zero-order valence-corrected chi connectivity index (χ0v) is 8.96. The third-order valence-electron chi connectivity index (χ3n) is 2.73. The van der Waals surface area contributed by atoms with E-state index in [4.69, 9.17) is 0 Å². The fourth-order valence-electron chi connectivity index (χ4n) is 1.57. The van der Waals surface area contributed by atoms with Crippen molar-refractivity contribution in [3.8, 4) is 0 Å². The van der Waals surface area contributed by atoms with Gasteiger partial charge >= 0.3 is 0 Å². The number of H-pyrrole nitrogens is 1. The minimum absolute atomic E-state index is 0. The number of nitrogens with one attached hydrogen (secondary N) is 1. The molecular weight excluding hydrogens is 172 g/mol. The van der Waals surface area contributed by atoms with Crippen LogP contribution >= 0.6 is 0 Å². The highest BCUT2D eigenvalue weighted by molar-refractivity contribution is 5.75. The van der Waals surface area contributed by atoms with Crippen molar-refractivity contribution >= 4 is 11.0 Å². The zero-order chi connectivity index (χ0) is 10.1. The van der Waals surface area contributed by atoms with Crippen LogP contribution in [-0.4, -0.2) is 9.97 Å². The summed E-state index contributed by atoms with van der Waals surface area (Å²) in [5, 5.41) is 0. The normalized spacial score (nSPS) is 13.4. The molecule has 0 aliphatic heterocycles. The van der Waals surface area contributed by atoms with E-state index >= 15 is 0 Å². The molecule has 0 radical (unpaired) electrons. The van der Waals surface area contributed by atoms with Crippen molar-refractivity contribution in [2.75, 3.05) is 0 Å². The molecule has 2 aromatic rings. The highest BCUT2D eigenvalue weighted by Gasteiger charge is 2.08. The van der Waals surface area contributed by atoms with E-state index in [1.807, 2.05) is 0 Å². The summed E-state index contributed by atoms with van der Waals surface area (Å²) in [5.74, 6) is 1.62. The number of imidazole rings is 1. The van der Waals surface area contributed by atoms with Crippen molar-refractivity contribution in [1.82, 2.24) is 9.97 Å². The lowest BCUT2D eigenvalue weighted by Crippen LogP contribution is -1.92. The van der Waals surface area contributed by atoms with E-state index in [9.17, 15) is 0 Å². The Bertz CT molecular complexity index is 448. The molecule has 1 atom stereocenters. The lowest BCUT2D eigenvalue weighted by atomic mass is 10.1. The fraction of sp³-hybridized carbons (Fsp3) is 0.417. The Morgan fingerprint density at radius 2 is 2.29 bits per heavy atom. The molecule has 0 aliphatic carbocycles. The summed E-state index contributed by atoms with van der Waals surface area (Å²) in [7, 11) is 0. The third kappa shape index (κ3) is 1.52. The van der Waals surface area contributed by atoms with Crippen LogP contribution in [0.15, 0.2) is 18.2 Å². The van der Waals surface area contributed by atoms with Gasteiger partial charge in [-0.25, -0.2) is 4.98 Å². The van der Waals surface area contributed by atoms with Gasteiger partial charge in [-0.15, -0.1) is 0 Å². The highest BCUT2D eigenvalue weighted by atomic mass is 14.9. The van der Waals surface area contributed by atoms with Crippen LogP contribution < -0.4 is 0 Å². The van der Waals surface area contributed by atoms with Crippen LogP contribution in [0.25, 0.3) is 11.0 Å². The Kier molecular flexibility index (Phi) is 2.28. The first-order valence-corrected chi connectivity index (χ1v) is 5.17. The molecule has 0 fully saturated rings. The zero-order valence-electron chi connectivity index (χ0n) is 8.96. The summed E-state index contributed by atoms with van der Waals surface area (Å²) >= 11 is 0. The maximum Gasteiger partial charge on any atom is 0.110 e. The first kappa shape index (κ1) is 9.25. The Balaban J connectivity index is 0.00000112. The second kappa shape index (κ2) is 3.45. The van der Waals surface area contributed by atoms with E-state index in [1.165, 1.54) is 5.56 Å². The van der Waals surface area contributed by atoms with E-state index in [-0.39, 0.29) is 1.43 Å². The van der Waals surface area contributed by atoms with Crippen LogP contribution in [0.5, 0.6) is 0 Å². The molecule has 14 heavy (non-hydrogen) atoms. The number of nitrogens with zero attached hydrogens (tertiary/aromatic N) is 1. The van der Waals surface area contributed by atoms with Gasteiger partial charge in [0.2, 0.25) is 0 Å². The predicted molar refractivity (Wildman–Crippen MR) is 61.7 cm³/mol. The fourth-order valence-corrected chi connectivity index (χ4v) is 1.57. The van der Waals surface area contributed by atoms with Gasteiger partial charge in [-0.2, -0.15) is 0 Å². The lowest BCUT2D eigenvalue weighted by molar-refractivity contribution is 0.692. The minimum Gasteiger partial charge on any atom is -0.342 e. The molecule has 0 bridgehead atoms. The average molecular weight is 190 g/mol. The number of aromatic nitrogens is 2. The molecule has 0 saturated heterocycles. The Morgan fingerprint density at radius 3 is 3.00 bits per heavy atom. The number of fused-ring (bicyclic) bond motifs is 1. The summed E-state index contributed by atoms with van der Waals surface area (Å²) in [6, 6.07) is 6.32. The van der Waals surface area contributed by atoms with E-state index in [0.29, 0.717) is 5.92 Å². The van der Waals surface area contributed by atoms with Crippen LogP contribution in [0, 0.1) is 6.92 Å². The molecule has 1 aromatic heterocycles. The number of aryl methyl sites for hydroxylation is 1. The van der Waals surface area contributed by atoms with Gasteiger partial charge in [0.05, 0.1) is 11.0 Å². The van der Waals surface area contributed by atoms with Gasteiger partial charge in [-0.05, 0) is 31.0 Å². The monoisotopic (exact) mass is 190 g/mol. The maximum atomic E-state index is 4.57. The third-order valence-corrected chi connectivity index (χ3v) is 2.73. The molecule has 2 nitrogen and oxygen atoms in total. The summed E-state index contributed by atoms with van der Waals surface area (Å²) in [4.78, 5) is 7.94. The number of aromatic amines is 1. The summed E-state index contributed by atoms with van der Waals surface area (Å²) < 4.78 is 0. The van der Waals surface area contributed by atoms with E-state index < -0.39 is 0 Å². The lowest BCUT2D eigenvalue weighted by Gasteiger charge is -2.01. The molecule has 1 unspecified atom stereocenters. The quantitative estimate of drug-likeness (QED) is 0.769. The second-order valence-electron chi connectivity index (χ2n) is 3.95. The average Bonchev–Trinajstić information content (AvgIpc) is 2.59. The molecule has 1 aromatic carbocycles. The van der Waals surface area contributed by atoms with Gasteiger partial charge in [0.15, 0.2) is 0 Å². The van der Waals surface area contributed by atoms with Crippen molar-refractivity contribution in [3.63, 3.8) is 0 Å². The first-order chi connectivity index (χ1) is 6.70. The molecule has 1 N–H and O–H groups in total. The second-order valence-corrected chi connectivity index (χ2v) is 3.95. The Morgan fingerprint density at radius 1 is 1.50 bits per heavy atom. The Hall–Kier alpha value is -1.31. The molecule has 0 amide bonds. The van der Waals surface area contributed by atoms with Crippen molar-refractivity contribution in [2.45, 2.75) is 33.1 Å². The van der Waals surface area contributed by atoms with E-state index in [0.717, 1.165) is 23.3 Å². The van der Waals surface area contributed by atoms with Gasteiger partial charge in [0, 0.05) is 7.34 Å². The van der Waals surface area contributed by atoms with Gasteiger partial charge < -0.3 is 4.98 Å². The largest absolute Gasteiger partial charge is 0.342 e. The molecule has 0 spiro atoms. The van der Waals surface area contributed by atoms with Gasteiger partial charge in [-0.1, -0.05) is 19.9 Å². The molecule has 0 aliphatic rings. The first-order valence-electron chi connectivity index (χ1n) is 5.17. The van der Waals surface area contributed by atoms with Gasteiger partial charge in [0.1, 0.15) is 5.82 Å². The number of hydrogen-bond acceptors (Lipinski definition) is 1. The minimum atomic E-state index is 0. The molecule has 0 saturated carbocycles. The van der Waals surface area contributed by atoms with Crippen molar-refractivity contribution < 1.29 is 1.43 Å². The SMILES string of the molecule is CCC(C)c1nc2ccc(C)cc2[nH]1.[HH]. The maximum absolute atomic E-state index is 4.57. The van der Waals surface area contributed by atoms with Crippen LogP contribution in [0.3, 0.4) is 0 Å². The number of benzene rings is 1. The Labute approximate surface area is 85.9 Å². The van der Waals surface area contributed by atoms with Crippen LogP contribution in [-0.2, 0) is 0 Å². The predicted octanol–water partition coefficient (Wildman–Crippen LogP) is 3.63. The summed E-state index contributed by atoms with van der Waals surface area (Å²) in [6.45, 7) is 6.48. The van der Waals surface area contributed by atoms with Crippen molar-refractivity contribution in [3.05, 3.63) is 29.6 Å². The summed E-state index contributed by atoms with van der Waals surface area (Å²) in [5.41, 5.74) is 3.50. The molecule has 1 heterocycles. The van der Waals surface area contributed by atoms with Crippen molar-refractivity contribution in [1.29, 1.82) is 0 Å². The van der Waals surface area contributed by atoms with Crippen LogP contribution in [0.2, 0.25) is 0 Å². The van der Waals surface area contributed by atoms with Crippen LogP contribution in [0.1, 0.15) is 39.0 Å². The van der Waals surface area contributed by atoms with E-state index in [2.05, 4.69) is 48.9 Å². The van der Waals surface area contributed by atoms with Gasteiger partial charge in [0.25, 0.3) is 0 Å². The van der Waals surface area contributed by atoms with Crippen molar-refractivity contribution in [2.24, 2.45) is 0 Å². The molecule has 2 heteroatoms. The molecule has 2 rings (SSSR count). The number of hydrogen-bond donors (Lipinski definition) is 1. The summed E-state index contributed by atoms with van der Waals surface area (Å²) in [6.07, 6.45) is 1.12. The van der Waals surface area contributed by atoms with Crippen LogP contribution in [0.4, 0.5) is 0 Å². The highest BCUT2D eigenvalue weighted by Crippen LogP contribution is 2.20. The van der Waals surface area contributed by atoms with Gasteiger partial charge in [-0.3, -0.25) is 0 Å². The molecule has 76 valence electrons. The number of rotatable bonds is 2. The topological polar surface area (TPSA) is 28.7 Å². The van der Waals surface area contributed by atoms with E-state index in [1.54, 1.807) is 0 Å². The standard InChI is InChI=1S/C12H16N2.H2/c1-4-9(3)12-13-10-6-5-8(2)7-11(10)14-12;/h5-7,9H,4H2,1-3H3,(H,13,14);1H. The smallest absolute Gasteiger partial charge is 0.110 e.